The van der Waals surface area contributed by atoms with Gasteiger partial charge in [-0.1, -0.05) is 0 Å². The van der Waals surface area contributed by atoms with Crippen molar-refractivity contribution in [2.24, 2.45) is 0 Å². The summed E-state index contributed by atoms with van der Waals surface area (Å²) in [5, 5.41) is 0. The molecule has 0 aliphatic rings. The molecule has 0 amide bonds. The lowest BCUT2D eigenvalue weighted by atomic mass is 10.2. The molecule has 0 unspecified atom stereocenters. The minimum absolute atomic E-state index is 0.237. The Morgan fingerprint density at radius 3 is 2.67 bits per heavy atom. The summed E-state index contributed by atoms with van der Waals surface area (Å²) < 4.78 is 14.6. The molecule has 15 heavy (non-hydrogen) atoms. The van der Waals surface area contributed by atoms with Crippen LogP contribution < -0.4 is 0 Å². The maximum atomic E-state index is 12.7. The van der Waals surface area contributed by atoms with Crippen LogP contribution in [0.2, 0.25) is 0 Å². The Kier molecular flexibility index (Phi) is 3.02. The van der Waals surface area contributed by atoms with Crippen LogP contribution in [0.1, 0.15) is 0 Å². The third-order valence-electron chi connectivity index (χ3n) is 2.12. The molecule has 0 saturated heterocycles. The van der Waals surface area contributed by atoms with Crippen LogP contribution in [-0.4, -0.2) is 15.4 Å². The zero-order chi connectivity index (χ0) is 10.7. The van der Waals surface area contributed by atoms with Crippen LogP contribution in [0.5, 0.6) is 0 Å². The van der Waals surface area contributed by atoms with Gasteiger partial charge in [-0.15, -0.1) is 11.6 Å². The molecule has 2 rings (SSSR count). The van der Waals surface area contributed by atoms with Crippen LogP contribution in [0.3, 0.4) is 0 Å². The first-order valence-electron chi connectivity index (χ1n) is 4.63. The van der Waals surface area contributed by atoms with Crippen molar-refractivity contribution in [1.82, 2.24) is 9.55 Å². The summed E-state index contributed by atoms with van der Waals surface area (Å²) in [5.41, 5.74) is 1.74. The summed E-state index contributed by atoms with van der Waals surface area (Å²) in [6.07, 6.45) is 3.62. The van der Waals surface area contributed by atoms with Crippen molar-refractivity contribution in [3.05, 3.63) is 42.6 Å². The van der Waals surface area contributed by atoms with E-state index in [9.17, 15) is 4.39 Å². The molecule has 0 N–H and O–H groups in total. The van der Waals surface area contributed by atoms with Crippen molar-refractivity contribution < 1.29 is 4.39 Å². The molecule has 1 aromatic heterocycles. The molecule has 4 heteroatoms. The average molecular weight is 225 g/mol. The van der Waals surface area contributed by atoms with Gasteiger partial charge in [0.25, 0.3) is 0 Å². The Labute approximate surface area is 92.3 Å². The Morgan fingerprint density at radius 1 is 1.27 bits per heavy atom. The lowest BCUT2D eigenvalue weighted by Crippen LogP contribution is -1.93. The van der Waals surface area contributed by atoms with Crippen LogP contribution in [0, 0.1) is 5.82 Å². The standard InChI is InChI=1S/C11H10ClFN2/c12-5-6-15-7-11(14-8-15)9-1-3-10(13)4-2-9/h1-4,7-8H,5-6H2. The third-order valence-corrected chi connectivity index (χ3v) is 2.28. The highest BCUT2D eigenvalue weighted by molar-refractivity contribution is 6.17. The molecule has 0 aliphatic heterocycles. The van der Waals surface area contributed by atoms with E-state index in [0.29, 0.717) is 5.88 Å². The van der Waals surface area contributed by atoms with E-state index >= 15 is 0 Å². The second kappa shape index (κ2) is 4.45. The number of nitrogens with zero attached hydrogens (tertiary/aromatic N) is 2. The van der Waals surface area contributed by atoms with Gasteiger partial charge < -0.3 is 4.57 Å². The fourth-order valence-corrected chi connectivity index (χ4v) is 1.54. The van der Waals surface area contributed by atoms with Crippen molar-refractivity contribution in [2.75, 3.05) is 5.88 Å². The molecule has 0 saturated carbocycles. The number of hydrogen-bond acceptors (Lipinski definition) is 1. The van der Waals surface area contributed by atoms with Gasteiger partial charge in [-0.25, -0.2) is 9.37 Å². The first-order chi connectivity index (χ1) is 7.29. The lowest BCUT2D eigenvalue weighted by molar-refractivity contribution is 0.628. The van der Waals surface area contributed by atoms with Gasteiger partial charge in [0.2, 0.25) is 0 Å². The molecule has 0 aliphatic carbocycles. The van der Waals surface area contributed by atoms with Crippen molar-refractivity contribution in [1.29, 1.82) is 0 Å². The maximum Gasteiger partial charge on any atom is 0.123 e. The zero-order valence-corrected chi connectivity index (χ0v) is 8.78. The van der Waals surface area contributed by atoms with E-state index in [1.165, 1.54) is 12.1 Å². The molecule has 0 radical (unpaired) electrons. The highest BCUT2D eigenvalue weighted by atomic mass is 35.5. The molecular weight excluding hydrogens is 215 g/mol. The number of rotatable bonds is 3. The van der Waals surface area contributed by atoms with Crippen LogP contribution >= 0.6 is 11.6 Å². The number of halogens is 2. The van der Waals surface area contributed by atoms with Crippen molar-refractivity contribution in [3.63, 3.8) is 0 Å². The molecule has 1 aromatic carbocycles. The van der Waals surface area contributed by atoms with Crippen molar-refractivity contribution in [3.8, 4) is 11.3 Å². The van der Waals surface area contributed by atoms with Gasteiger partial charge in [-0.3, -0.25) is 0 Å². The van der Waals surface area contributed by atoms with Crippen molar-refractivity contribution >= 4 is 11.6 Å². The topological polar surface area (TPSA) is 17.8 Å². The van der Waals surface area contributed by atoms with Gasteiger partial charge in [-0.2, -0.15) is 0 Å². The molecule has 0 spiro atoms. The summed E-state index contributed by atoms with van der Waals surface area (Å²) in [4.78, 5) is 4.22. The zero-order valence-electron chi connectivity index (χ0n) is 8.03. The van der Waals surface area contributed by atoms with Crippen LogP contribution in [0.4, 0.5) is 4.39 Å². The number of alkyl halides is 1. The van der Waals surface area contributed by atoms with E-state index in [1.807, 2.05) is 10.8 Å². The van der Waals surface area contributed by atoms with E-state index < -0.39 is 0 Å². The molecule has 1 heterocycles. The van der Waals surface area contributed by atoms with E-state index in [0.717, 1.165) is 17.8 Å². The molecule has 2 nitrogen and oxygen atoms in total. The fourth-order valence-electron chi connectivity index (χ4n) is 1.35. The Bertz CT molecular complexity index is 436. The smallest absolute Gasteiger partial charge is 0.123 e. The minimum atomic E-state index is -0.237. The summed E-state index contributed by atoms with van der Waals surface area (Å²) in [6.45, 7) is 0.732. The summed E-state index contributed by atoms with van der Waals surface area (Å²) in [5.74, 6) is 0.318. The molecular formula is C11H10ClFN2. The second-order valence-corrected chi connectivity index (χ2v) is 3.57. The molecule has 0 fully saturated rings. The van der Waals surface area contributed by atoms with Crippen LogP contribution in [0.25, 0.3) is 11.3 Å². The molecule has 0 atom stereocenters. The van der Waals surface area contributed by atoms with E-state index in [4.69, 9.17) is 11.6 Å². The molecule has 0 bridgehead atoms. The molecule has 2 aromatic rings. The maximum absolute atomic E-state index is 12.7. The second-order valence-electron chi connectivity index (χ2n) is 3.19. The van der Waals surface area contributed by atoms with Crippen molar-refractivity contribution in [2.45, 2.75) is 6.54 Å². The average Bonchev–Trinajstić information content (AvgIpc) is 2.68. The number of imidazole rings is 1. The van der Waals surface area contributed by atoms with Gasteiger partial charge in [0.05, 0.1) is 12.0 Å². The predicted molar refractivity (Wildman–Crippen MR) is 58.3 cm³/mol. The highest BCUT2D eigenvalue weighted by Gasteiger charge is 2.01. The third kappa shape index (κ3) is 2.36. The van der Waals surface area contributed by atoms with E-state index in [1.54, 1.807) is 18.5 Å². The van der Waals surface area contributed by atoms with Gasteiger partial charge in [0, 0.05) is 24.2 Å². The van der Waals surface area contributed by atoms with Crippen LogP contribution in [-0.2, 0) is 6.54 Å². The van der Waals surface area contributed by atoms with E-state index in [2.05, 4.69) is 4.98 Å². The summed E-state index contributed by atoms with van der Waals surface area (Å²) in [7, 11) is 0. The van der Waals surface area contributed by atoms with Gasteiger partial charge in [0.1, 0.15) is 5.82 Å². The SMILES string of the molecule is Fc1ccc(-c2cn(CCCl)cn2)cc1. The van der Waals surface area contributed by atoms with Crippen LogP contribution in [0.15, 0.2) is 36.8 Å². The Balaban J connectivity index is 2.25. The van der Waals surface area contributed by atoms with Gasteiger partial charge >= 0.3 is 0 Å². The summed E-state index contributed by atoms with van der Waals surface area (Å²) in [6, 6.07) is 6.28. The molecule has 78 valence electrons. The largest absolute Gasteiger partial charge is 0.336 e. The van der Waals surface area contributed by atoms with E-state index in [-0.39, 0.29) is 5.82 Å². The Hall–Kier alpha value is -1.35. The fraction of sp³-hybridized carbons (Fsp3) is 0.182. The quantitative estimate of drug-likeness (QED) is 0.733. The summed E-state index contributed by atoms with van der Waals surface area (Å²) >= 11 is 5.61. The first-order valence-corrected chi connectivity index (χ1v) is 5.17. The number of hydrogen-bond donors (Lipinski definition) is 0. The number of aryl methyl sites for hydroxylation is 1. The lowest BCUT2D eigenvalue weighted by Gasteiger charge is -1.96. The number of aromatic nitrogens is 2. The monoisotopic (exact) mass is 224 g/mol. The first kappa shape index (κ1) is 10.2. The minimum Gasteiger partial charge on any atom is -0.336 e. The number of benzene rings is 1. The normalized spacial score (nSPS) is 10.5. The Morgan fingerprint density at radius 2 is 2.00 bits per heavy atom. The van der Waals surface area contributed by atoms with Gasteiger partial charge in [-0.05, 0) is 24.3 Å². The highest BCUT2D eigenvalue weighted by Crippen LogP contribution is 2.16. The predicted octanol–water partition coefficient (Wildman–Crippen LogP) is 2.93. The van der Waals surface area contributed by atoms with Gasteiger partial charge in [0.15, 0.2) is 0 Å².